The van der Waals surface area contributed by atoms with E-state index in [-0.39, 0.29) is 5.56 Å². The van der Waals surface area contributed by atoms with Crippen LogP contribution in [-0.2, 0) is 0 Å². The first-order chi connectivity index (χ1) is 10.6. The largest absolute Gasteiger partial charge is 0.284 e. The van der Waals surface area contributed by atoms with Gasteiger partial charge in [0.2, 0.25) is 0 Å². The lowest BCUT2D eigenvalue weighted by molar-refractivity contribution is 1.14. The number of aromatic nitrogens is 2. The Kier molecular flexibility index (Phi) is 2.87. The van der Waals surface area contributed by atoms with Gasteiger partial charge in [0.05, 0.1) is 15.9 Å². The quantitative estimate of drug-likeness (QED) is 0.528. The van der Waals surface area contributed by atoms with Crippen molar-refractivity contribution in [2.24, 2.45) is 0 Å². The fraction of sp³-hybridized carbons (Fsp3) is 0.111. The van der Waals surface area contributed by atoms with Gasteiger partial charge in [-0.1, -0.05) is 47.7 Å². The minimum atomic E-state index is -0.195. The first-order valence-electron chi connectivity index (χ1n) is 7.12. The monoisotopic (exact) mass is 306 g/mol. The summed E-state index contributed by atoms with van der Waals surface area (Å²) in [6.45, 7) is 4.19. The molecule has 0 radical (unpaired) electrons. The smallest absolute Gasteiger partial charge is 0.274 e. The molecule has 2 heterocycles. The lowest BCUT2D eigenvalue weighted by atomic mass is 10.1. The second-order valence-electron chi connectivity index (χ2n) is 5.49. The number of hydrogen-bond donors (Lipinski definition) is 0. The molecular formula is C18H14N2OS. The van der Waals surface area contributed by atoms with Crippen molar-refractivity contribution in [3.8, 4) is 11.3 Å². The predicted octanol–water partition coefficient (Wildman–Crippen LogP) is 4.19. The van der Waals surface area contributed by atoms with Crippen LogP contribution in [0.4, 0.5) is 0 Å². The van der Waals surface area contributed by atoms with Crippen molar-refractivity contribution in [3.63, 3.8) is 0 Å². The molecule has 0 atom stereocenters. The molecule has 0 amide bonds. The van der Waals surface area contributed by atoms with Gasteiger partial charge >= 0.3 is 0 Å². The Morgan fingerprint density at radius 3 is 2.59 bits per heavy atom. The third kappa shape index (κ3) is 1.96. The molecule has 4 heteroatoms. The summed E-state index contributed by atoms with van der Waals surface area (Å²) in [6.07, 6.45) is 0. The number of benzene rings is 2. The van der Waals surface area contributed by atoms with E-state index in [0.29, 0.717) is 0 Å². The maximum atomic E-state index is 12.0. The fourth-order valence-corrected chi connectivity index (χ4v) is 4.16. The van der Waals surface area contributed by atoms with Crippen molar-refractivity contribution in [3.05, 3.63) is 70.0 Å². The Morgan fingerprint density at radius 2 is 1.82 bits per heavy atom. The van der Waals surface area contributed by atoms with Crippen molar-refractivity contribution >= 4 is 26.5 Å². The highest BCUT2D eigenvalue weighted by Gasteiger charge is 2.13. The van der Waals surface area contributed by atoms with Gasteiger partial charge in [-0.25, -0.2) is 0 Å². The molecule has 0 bridgehead atoms. The third-order valence-electron chi connectivity index (χ3n) is 3.80. The van der Waals surface area contributed by atoms with Crippen LogP contribution < -0.4 is 5.56 Å². The van der Waals surface area contributed by atoms with Crippen LogP contribution in [0.3, 0.4) is 0 Å². The van der Waals surface area contributed by atoms with E-state index < -0.39 is 0 Å². The van der Waals surface area contributed by atoms with Gasteiger partial charge in [0.1, 0.15) is 0 Å². The minimum absolute atomic E-state index is 0.195. The van der Waals surface area contributed by atoms with Crippen molar-refractivity contribution in [2.75, 3.05) is 0 Å². The van der Waals surface area contributed by atoms with Gasteiger partial charge in [-0.2, -0.15) is 4.98 Å². The van der Waals surface area contributed by atoms with E-state index in [1.54, 1.807) is 17.4 Å². The van der Waals surface area contributed by atoms with Gasteiger partial charge in [0, 0.05) is 6.07 Å². The summed E-state index contributed by atoms with van der Waals surface area (Å²) in [5.41, 5.74) is 5.28. The Hall–Kier alpha value is -2.46. The summed E-state index contributed by atoms with van der Waals surface area (Å²) in [6, 6.07) is 15.9. The van der Waals surface area contributed by atoms with Crippen LogP contribution in [0.5, 0.6) is 0 Å². The second-order valence-corrected chi connectivity index (χ2v) is 6.50. The molecule has 4 aromatic rings. The van der Waals surface area contributed by atoms with Crippen LogP contribution in [0, 0.1) is 13.8 Å². The van der Waals surface area contributed by atoms with Gasteiger partial charge in [-0.3, -0.25) is 9.20 Å². The summed E-state index contributed by atoms with van der Waals surface area (Å²) >= 11 is 1.56. The SMILES string of the molecule is Cc1cc(C)c2c(c1)sc1nc(=O)cc(-c3ccccc3)n12. The molecule has 108 valence electrons. The number of aryl methyl sites for hydroxylation is 2. The number of fused-ring (bicyclic) bond motifs is 3. The molecule has 0 unspecified atom stereocenters. The van der Waals surface area contributed by atoms with Crippen LogP contribution in [0.2, 0.25) is 0 Å². The van der Waals surface area contributed by atoms with E-state index in [4.69, 9.17) is 0 Å². The van der Waals surface area contributed by atoms with E-state index in [1.807, 2.05) is 30.3 Å². The zero-order valence-corrected chi connectivity index (χ0v) is 13.1. The number of hydrogen-bond acceptors (Lipinski definition) is 3. The summed E-state index contributed by atoms with van der Waals surface area (Å²) in [5, 5.41) is 0. The molecule has 0 spiro atoms. The maximum Gasteiger partial charge on any atom is 0.274 e. The topological polar surface area (TPSA) is 34.4 Å². The van der Waals surface area contributed by atoms with Gasteiger partial charge < -0.3 is 0 Å². The van der Waals surface area contributed by atoms with E-state index in [2.05, 4.69) is 35.4 Å². The van der Waals surface area contributed by atoms with Gasteiger partial charge in [-0.15, -0.1) is 0 Å². The van der Waals surface area contributed by atoms with E-state index in [0.717, 1.165) is 26.4 Å². The Bertz CT molecular complexity index is 1060. The first-order valence-corrected chi connectivity index (χ1v) is 7.94. The van der Waals surface area contributed by atoms with Crippen molar-refractivity contribution in [2.45, 2.75) is 13.8 Å². The Labute approximate surface area is 131 Å². The van der Waals surface area contributed by atoms with E-state index >= 15 is 0 Å². The van der Waals surface area contributed by atoms with E-state index in [9.17, 15) is 4.79 Å². The predicted molar refractivity (Wildman–Crippen MR) is 91.8 cm³/mol. The number of rotatable bonds is 1. The molecule has 0 aliphatic rings. The Balaban J connectivity index is 2.23. The molecule has 0 saturated carbocycles. The average Bonchev–Trinajstić information content (AvgIpc) is 2.85. The van der Waals surface area contributed by atoms with Crippen molar-refractivity contribution < 1.29 is 0 Å². The number of thiazole rings is 1. The molecule has 3 nitrogen and oxygen atoms in total. The molecule has 0 saturated heterocycles. The minimum Gasteiger partial charge on any atom is -0.284 e. The molecule has 4 rings (SSSR count). The standard InChI is InChI=1S/C18H14N2OS/c1-11-8-12(2)17-15(9-11)22-18-19-16(21)10-14(20(17)18)13-6-4-3-5-7-13/h3-10H,1-2H3. The highest BCUT2D eigenvalue weighted by Crippen LogP contribution is 2.32. The lowest BCUT2D eigenvalue weighted by Crippen LogP contribution is -2.08. The molecule has 0 aliphatic carbocycles. The highest BCUT2D eigenvalue weighted by atomic mass is 32.1. The zero-order chi connectivity index (χ0) is 15.3. The average molecular weight is 306 g/mol. The van der Waals surface area contributed by atoms with Crippen LogP contribution in [0.25, 0.3) is 26.4 Å². The second kappa shape index (κ2) is 4.78. The lowest BCUT2D eigenvalue weighted by Gasteiger charge is -2.07. The van der Waals surface area contributed by atoms with Gasteiger partial charge in [0.25, 0.3) is 5.56 Å². The van der Waals surface area contributed by atoms with Crippen LogP contribution in [-0.4, -0.2) is 9.38 Å². The van der Waals surface area contributed by atoms with Gasteiger partial charge in [-0.05, 0) is 36.6 Å². The Morgan fingerprint density at radius 1 is 1.05 bits per heavy atom. The molecule has 0 aliphatic heterocycles. The van der Waals surface area contributed by atoms with Crippen LogP contribution in [0.1, 0.15) is 11.1 Å². The molecule has 2 aromatic heterocycles. The number of nitrogens with zero attached hydrogens (tertiary/aromatic N) is 2. The maximum absolute atomic E-state index is 12.0. The molecule has 2 aromatic carbocycles. The summed E-state index contributed by atoms with van der Waals surface area (Å²) in [4.78, 5) is 16.9. The van der Waals surface area contributed by atoms with Crippen molar-refractivity contribution in [1.29, 1.82) is 0 Å². The van der Waals surface area contributed by atoms with Crippen LogP contribution >= 0.6 is 11.3 Å². The molecule has 0 fully saturated rings. The molecular weight excluding hydrogens is 292 g/mol. The fourth-order valence-electron chi connectivity index (χ4n) is 2.95. The molecule has 22 heavy (non-hydrogen) atoms. The highest BCUT2D eigenvalue weighted by molar-refractivity contribution is 7.23. The summed E-state index contributed by atoms with van der Waals surface area (Å²) in [7, 11) is 0. The zero-order valence-electron chi connectivity index (χ0n) is 12.3. The normalized spacial score (nSPS) is 11.4. The summed E-state index contributed by atoms with van der Waals surface area (Å²) in [5.74, 6) is 0. The summed E-state index contributed by atoms with van der Waals surface area (Å²) < 4.78 is 3.26. The van der Waals surface area contributed by atoms with Crippen molar-refractivity contribution in [1.82, 2.24) is 9.38 Å². The third-order valence-corrected chi connectivity index (χ3v) is 4.79. The first kappa shape index (κ1) is 13.2. The van der Waals surface area contributed by atoms with Gasteiger partial charge in [0.15, 0.2) is 4.96 Å². The van der Waals surface area contributed by atoms with Crippen LogP contribution in [0.15, 0.2) is 53.3 Å². The molecule has 0 N–H and O–H groups in total. The van der Waals surface area contributed by atoms with E-state index in [1.165, 1.54) is 11.1 Å².